The number of nitrogens with one attached hydrogen (secondary N) is 2. The molecule has 0 aromatic carbocycles. The third-order valence-corrected chi connectivity index (χ3v) is 4.13. The van der Waals surface area contributed by atoms with Crippen molar-refractivity contribution in [1.82, 2.24) is 20.6 Å². The molecule has 6 heteroatoms. The zero-order valence-electron chi connectivity index (χ0n) is 11.7. The Morgan fingerprint density at radius 3 is 3.05 bits per heavy atom. The van der Waals surface area contributed by atoms with Crippen LogP contribution >= 0.6 is 11.3 Å². The molecule has 0 bridgehead atoms. The van der Waals surface area contributed by atoms with Crippen molar-refractivity contribution < 1.29 is 4.79 Å². The molecule has 1 saturated carbocycles. The summed E-state index contributed by atoms with van der Waals surface area (Å²) in [6, 6.07) is 6.25. The first-order valence-electron chi connectivity index (χ1n) is 7.17. The molecule has 1 aliphatic rings. The zero-order chi connectivity index (χ0) is 14.5. The second-order valence-electron chi connectivity index (χ2n) is 5.13. The van der Waals surface area contributed by atoms with Gasteiger partial charge in [0.05, 0.1) is 11.4 Å². The average molecular weight is 302 g/mol. The smallest absolute Gasteiger partial charge is 0.221 e. The standard InChI is InChI=1S/C15H18N4OS/c20-14(18-11-4-5-11)6-8-16-9-12-10-21-15(19-12)13-3-1-2-7-17-13/h1-3,7,10-11,16H,4-6,8-9H2,(H,18,20). The van der Waals surface area contributed by atoms with E-state index in [-0.39, 0.29) is 5.91 Å². The van der Waals surface area contributed by atoms with Crippen LogP contribution in [0.5, 0.6) is 0 Å². The molecule has 0 aliphatic heterocycles. The third kappa shape index (κ3) is 4.34. The molecule has 110 valence electrons. The van der Waals surface area contributed by atoms with Crippen LogP contribution in [-0.2, 0) is 11.3 Å². The fourth-order valence-electron chi connectivity index (χ4n) is 1.94. The third-order valence-electron chi connectivity index (χ3n) is 3.21. The summed E-state index contributed by atoms with van der Waals surface area (Å²) in [5.74, 6) is 0.137. The van der Waals surface area contributed by atoms with Crippen LogP contribution in [0.2, 0.25) is 0 Å². The Morgan fingerprint density at radius 1 is 1.38 bits per heavy atom. The molecule has 0 unspecified atom stereocenters. The maximum absolute atomic E-state index is 11.5. The van der Waals surface area contributed by atoms with E-state index >= 15 is 0 Å². The quantitative estimate of drug-likeness (QED) is 0.767. The molecule has 0 saturated heterocycles. The summed E-state index contributed by atoms with van der Waals surface area (Å²) in [5.41, 5.74) is 1.89. The summed E-state index contributed by atoms with van der Waals surface area (Å²) in [6.07, 6.45) is 4.56. The van der Waals surface area contributed by atoms with Gasteiger partial charge in [0.25, 0.3) is 0 Å². The predicted molar refractivity (Wildman–Crippen MR) is 82.8 cm³/mol. The summed E-state index contributed by atoms with van der Waals surface area (Å²) in [5, 5.41) is 9.19. The van der Waals surface area contributed by atoms with Gasteiger partial charge in [0.2, 0.25) is 5.91 Å². The van der Waals surface area contributed by atoms with Gasteiger partial charge in [-0.2, -0.15) is 0 Å². The van der Waals surface area contributed by atoms with E-state index in [9.17, 15) is 4.79 Å². The van der Waals surface area contributed by atoms with Gasteiger partial charge in [-0.25, -0.2) is 4.98 Å². The first-order chi connectivity index (χ1) is 10.3. The number of carbonyl (C=O) groups excluding carboxylic acids is 1. The summed E-state index contributed by atoms with van der Waals surface area (Å²) in [4.78, 5) is 20.4. The predicted octanol–water partition coefficient (Wildman–Crippen LogP) is 1.96. The molecule has 2 aromatic rings. The largest absolute Gasteiger partial charge is 0.353 e. The number of aromatic nitrogens is 2. The van der Waals surface area contributed by atoms with Crippen molar-refractivity contribution in [3.05, 3.63) is 35.5 Å². The molecule has 0 atom stereocenters. The van der Waals surface area contributed by atoms with E-state index < -0.39 is 0 Å². The van der Waals surface area contributed by atoms with E-state index in [1.807, 2.05) is 23.6 Å². The lowest BCUT2D eigenvalue weighted by molar-refractivity contribution is -0.121. The lowest BCUT2D eigenvalue weighted by atomic mass is 10.3. The molecule has 1 amide bonds. The fraction of sp³-hybridized carbons (Fsp3) is 0.400. The van der Waals surface area contributed by atoms with Crippen molar-refractivity contribution in [3.8, 4) is 10.7 Å². The van der Waals surface area contributed by atoms with Crippen molar-refractivity contribution in [2.75, 3.05) is 6.54 Å². The molecule has 2 aromatic heterocycles. The number of hydrogen-bond acceptors (Lipinski definition) is 5. The average Bonchev–Trinajstić information content (AvgIpc) is 3.19. The van der Waals surface area contributed by atoms with E-state index in [0.717, 1.165) is 29.2 Å². The minimum Gasteiger partial charge on any atom is -0.353 e. The van der Waals surface area contributed by atoms with E-state index in [1.54, 1.807) is 17.5 Å². The fourth-order valence-corrected chi connectivity index (χ4v) is 2.74. The number of hydrogen-bond donors (Lipinski definition) is 2. The SMILES string of the molecule is O=C(CCNCc1csc(-c2ccccn2)n1)NC1CC1. The zero-order valence-corrected chi connectivity index (χ0v) is 12.5. The van der Waals surface area contributed by atoms with Crippen molar-refractivity contribution in [2.45, 2.75) is 31.8 Å². The first kappa shape index (κ1) is 14.2. The van der Waals surface area contributed by atoms with Crippen LogP contribution in [0.3, 0.4) is 0 Å². The Morgan fingerprint density at radius 2 is 2.29 bits per heavy atom. The Kier molecular flexibility index (Phi) is 4.57. The Labute approximate surface area is 127 Å². The van der Waals surface area contributed by atoms with E-state index in [0.29, 0.717) is 25.6 Å². The van der Waals surface area contributed by atoms with Crippen LogP contribution in [0, 0.1) is 0 Å². The molecule has 1 fully saturated rings. The van der Waals surface area contributed by atoms with Crippen molar-refractivity contribution in [2.24, 2.45) is 0 Å². The maximum atomic E-state index is 11.5. The maximum Gasteiger partial charge on any atom is 0.221 e. The van der Waals surface area contributed by atoms with Gasteiger partial charge in [0, 0.05) is 37.1 Å². The van der Waals surface area contributed by atoms with Gasteiger partial charge >= 0.3 is 0 Å². The van der Waals surface area contributed by atoms with Crippen molar-refractivity contribution >= 4 is 17.2 Å². The number of pyridine rings is 1. The van der Waals surface area contributed by atoms with Crippen molar-refractivity contribution in [1.29, 1.82) is 0 Å². The van der Waals surface area contributed by atoms with E-state index in [4.69, 9.17) is 0 Å². The molecule has 1 aliphatic carbocycles. The normalized spacial score (nSPS) is 14.1. The van der Waals surface area contributed by atoms with Gasteiger partial charge in [-0.3, -0.25) is 9.78 Å². The number of rotatable bonds is 7. The Hall–Kier alpha value is -1.79. The number of amides is 1. The molecular formula is C15H18N4OS. The topological polar surface area (TPSA) is 66.9 Å². The highest BCUT2D eigenvalue weighted by Gasteiger charge is 2.22. The minimum atomic E-state index is 0.137. The molecule has 0 radical (unpaired) electrons. The number of carbonyl (C=O) groups is 1. The van der Waals surface area contributed by atoms with E-state index in [1.165, 1.54) is 0 Å². The van der Waals surface area contributed by atoms with Gasteiger partial charge in [-0.1, -0.05) is 6.07 Å². The molecule has 0 spiro atoms. The highest BCUT2D eigenvalue weighted by Crippen LogP contribution is 2.21. The van der Waals surface area contributed by atoms with Crippen LogP contribution in [0.4, 0.5) is 0 Å². The highest BCUT2D eigenvalue weighted by molar-refractivity contribution is 7.13. The second kappa shape index (κ2) is 6.78. The minimum absolute atomic E-state index is 0.137. The Balaban J connectivity index is 1.41. The lowest BCUT2D eigenvalue weighted by Crippen LogP contribution is -2.29. The van der Waals surface area contributed by atoms with Crippen LogP contribution in [0.1, 0.15) is 25.0 Å². The Bertz CT molecular complexity index is 595. The van der Waals surface area contributed by atoms with Gasteiger partial charge in [0.1, 0.15) is 5.01 Å². The summed E-state index contributed by atoms with van der Waals surface area (Å²) >= 11 is 1.59. The molecule has 21 heavy (non-hydrogen) atoms. The molecular weight excluding hydrogens is 284 g/mol. The summed E-state index contributed by atoms with van der Waals surface area (Å²) in [7, 11) is 0. The van der Waals surface area contributed by atoms with Crippen LogP contribution < -0.4 is 10.6 Å². The highest BCUT2D eigenvalue weighted by atomic mass is 32.1. The van der Waals surface area contributed by atoms with Gasteiger partial charge < -0.3 is 10.6 Å². The lowest BCUT2D eigenvalue weighted by Gasteiger charge is -2.04. The van der Waals surface area contributed by atoms with E-state index in [2.05, 4.69) is 20.6 Å². The summed E-state index contributed by atoms with van der Waals surface area (Å²) < 4.78 is 0. The van der Waals surface area contributed by atoms with Crippen LogP contribution in [-0.4, -0.2) is 28.5 Å². The van der Waals surface area contributed by atoms with Gasteiger partial charge in [-0.15, -0.1) is 11.3 Å². The molecule has 5 nitrogen and oxygen atoms in total. The first-order valence-corrected chi connectivity index (χ1v) is 8.05. The van der Waals surface area contributed by atoms with Crippen LogP contribution in [0.15, 0.2) is 29.8 Å². The summed E-state index contributed by atoms with van der Waals surface area (Å²) in [6.45, 7) is 1.36. The van der Waals surface area contributed by atoms with Gasteiger partial charge in [-0.05, 0) is 25.0 Å². The molecule has 2 N–H and O–H groups in total. The van der Waals surface area contributed by atoms with Crippen molar-refractivity contribution in [3.63, 3.8) is 0 Å². The second-order valence-corrected chi connectivity index (χ2v) is 5.99. The van der Waals surface area contributed by atoms with Gasteiger partial charge in [0.15, 0.2) is 0 Å². The monoisotopic (exact) mass is 302 g/mol. The molecule has 3 rings (SSSR count). The number of nitrogens with zero attached hydrogens (tertiary/aromatic N) is 2. The number of thiazole rings is 1. The van der Waals surface area contributed by atoms with Crippen LogP contribution in [0.25, 0.3) is 10.7 Å². The molecule has 2 heterocycles.